The molecule has 7 heteroatoms. The number of H-pyrrole nitrogens is 1. The van der Waals surface area contributed by atoms with Crippen LogP contribution in [-0.4, -0.2) is 16.8 Å². The second-order valence-electron chi connectivity index (χ2n) is 5.64. The van der Waals surface area contributed by atoms with Gasteiger partial charge in [0.25, 0.3) is 5.91 Å². The molecule has 0 spiro atoms. The first-order chi connectivity index (χ1) is 12.5. The monoisotopic (exact) mass is 369 g/mol. The van der Waals surface area contributed by atoms with Crippen molar-refractivity contribution in [2.45, 2.75) is 13.3 Å². The average Bonchev–Trinajstić information content (AvgIpc) is 2.63. The zero-order valence-electron chi connectivity index (χ0n) is 13.9. The van der Waals surface area contributed by atoms with Gasteiger partial charge in [0, 0.05) is 29.1 Å². The molecule has 3 rings (SSSR count). The molecule has 0 aliphatic rings. The number of hydrogen-bond acceptors (Lipinski definition) is 3. The van der Waals surface area contributed by atoms with Crippen LogP contribution in [0, 0.1) is 0 Å². The third-order valence-corrected chi connectivity index (χ3v) is 4.12. The largest absolute Gasteiger partial charge is 0.350 e. The number of anilines is 2. The fourth-order valence-corrected chi connectivity index (χ4v) is 2.68. The first-order valence-corrected chi connectivity index (χ1v) is 8.38. The number of fused-ring (bicyclic) bond motifs is 1. The van der Waals surface area contributed by atoms with Crippen molar-refractivity contribution in [1.29, 1.82) is 0 Å². The number of halogens is 1. The van der Waals surface area contributed by atoms with Crippen LogP contribution in [0.1, 0.15) is 23.8 Å². The minimum atomic E-state index is -0.464. The Balaban J connectivity index is 1.83. The van der Waals surface area contributed by atoms with E-state index in [1.165, 1.54) is 12.1 Å². The van der Waals surface area contributed by atoms with Gasteiger partial charge in [-0.1, -0.05) is 30.7 Å². The normalized spacial score (nSPS) is 10.5. The summed E-state index contributed by atoms with van der Waals surface area (Å²) < 4.78 is 0. The molecule has 2 aromatic carbocycles. The molecule has 0 atom stereocenters. The topological polar surface area (TPSA) is 91.1 Å². The van der Waals surface area contributed by atoms with Gasteiger partial charge in [-0.15, -0.1) is 0 Å². The Kier molecular flexibility index (Phi) is 5.04. The Morgan fingerprint density at radius 2 is 1.85 bits per heavy atom. The summed E-state index contributed by atoms with van der Waals surface area (Å²) in [6.07, 6.45) is 0.337. The Labute approximate surface area is 154 Å². The number of hydrogen-bond donors (Lipinski definition) is 3. The predicted molar refractivity (Wildman–Crippen MR) is 103 cm³/mol. The van der Waals surface area contributed by atoms with Crippen LogP contribution in [0.5, 0.6) is 0 Å². The molecule has 0 saturated carbocycles. The van der Waals surface area contributed by atoms with Crippen LogP contribution in [0.4, 0.5) is 11.4 Å². The van der Waals surface area contributed by atoms with Crippen molar-refractivity contribution in [1.82, 2.24) is 4.98 Å². The first-order valence-electron chi connectivity index (χ1n) is 8.00. The lowest BCUT2D eigenvalue weighted by molar-refractivity contribution is -0.115. The zero-order valence-corrected chi connectivity index (χ0v) is 14.7. The van der Waals surface area contributed by atoms with Crippen LogP contribution < -0.4 is 16.1 Å². The van der Waals surface area contributed by atoms with Crippen LogP contribution in [0.3, 0.4) is 0 Å². The van der Waals surface area contributed by atoms with Gasteiger partial charge in [0.2, 0.25) is 5.91 Å². The van der Waals surface area contributed by atoms with Crippen LogP contribution in [0.25, 0.3) is 10.9 Å². The molecule has 0 saturated heterocycles. The fourth-order valence-electron chi connectivity index (χ4n) is 2.45. The van der Waals surface area contributed by atoms with E-state index in [4.69, 9.17) is 11.6 Å². The molecular weight excluding hydrogens is 354 g/mol. The van der Waals surface area contributed by atoms with Crippen LogP contribution in [-0.2, 0) is 4.79 Å². The van der Waals surface area contributed by atoms with Crippen molar-refractivity contribution in [3.8, 4) is 0 Å². The number of amides is 2. The summed E-state index contributed by atoms with van der Waals surface area (Å²) in [5.74, 6) is -0.619. The van der Waals surface area contributed by atoms with Gasteiger partial charge in [-0.25, -0.2) is 0 Å². The van der Waals surface area contributed by atoms with Crippen molar-refractivity contribution in [2.75, 3.05) is 10.6 Å². The SMILES string of the molecule is CCC(=O)Nc1ccc(NC(=O)c2cc(=O)c3ccccc3[nH]2)cc1Cl. The van der Waals surface area contributed by atoms with Crippen LogP contribution in [0.15, 0.2) is 53.3 Å². The van der Waals surface area contributed by atoms with Gasteiger partial charge in [0.1, 0.15) is 5.69 Å². The standard InChI is InChI=1S/C19H16ClN3O3/c1-2-18(25)23-15-8-7-11(9-13(15)20)21-19(26)16-10-17(24)12-5-3-4-6-14(12)22-16/h3-10H,2H2,1H3,(H,21,26)(H,22,24)(H,23,25). The summed E-state index contributed by atoms with van der Waals surface area (Å²) in [6, 6.07) is 13.0. The molecule has 132 valence electrons. The molecule has 0 unspecified atom stereocenters. The number of carbonyl (C=O) groups is 2. The quantitative estimate of drug-likeness (QED) is 0.653. The van der Waals surface area contributed by atoms with E-state index in [1.807, 2.05) is 0 Å². The number of aromatic nitrogens is 1. The molecule has 0 aliphatic heterocycles. The number of pyridine rings is 1. The third kappa shape index (κ3) is 3.75. The highest BCUT2D eigenvalue weighted by molar-refractivity contribution is 6.34. The molecule has 0 fully saturated rings. The molecule has 3 N–H and O–H groups in total. The first kappa shape index (κ1) is 17.7. The maximum atomic E-state index is 12.4. The van der Waals surface area contributed by atoms with Crippen molar-refractivity contribution in [2.24, 2.45) is 0 Å². The highest BCUT2D eigenvalue weighted by atomic mass is 35.5. The van der Waals surface area contributed by atoms with E-state index >= 15 is 0 Å². The molecule has 3 aromatic rings. The van der Waals surface area contributed by atoms with Crippen molar-refractivity contribution >= 4 is 45.7 Å². The van der Waals surface area contributed by atoms with Crippen molar-refractivity contribution in [3.05, 3.63) is 69.5 Å². The Bertz CT molecular complexity index is 1060. The van der Waals surface area contributed by atoms with E-state index in [2.05, 4.69) is 15.6 Å². The zero-order chi connectivity index (χ0) is 18.7. The Morgan fingerprint density at radius 1 is 1.08 bits per heavy atom. The van der Waals surface area contributed by atoms with Crippen molar-refractivity contribution < 1.29 is 9.59 Å². The summed E-state index contributed by atoms with van der Waals surface area (Å²) in [5.41, 5.74) is 1.41. The number of rotatable bonds is 4. The van der Waals surface area contributed by atoms with E-state index < -0.39 is 5.91 Å². The number of aromatic amines is 1. The minimum Gasteiger partial charge on any atom is -0.350 e. The maximum Gasteiger partial charge on any atom is 0.272 e. The van der Waals surface area contributed by atoms with Crippen molar-refractivity contribution in [3.63, 3.8) is 0 Å². The molecule has 2 amide bonds. The molecule has 1 aromatic heterocycles. The van der Waals surface area contributed by atoms with Gasteiger partial charge in [0.05, 0.1) is 10.7 Å². The molecule has 0 aliphatic carbocycles. The molecule has 0 bridgehead atoms. The highest BCUT2D eigenvalue weighted by Crippen LogP contribution is 2.26. The third-order valence-electron chi connectivity index (χ3n) is 3.80. The second-order valence-corrected chi connectivity index (χ2v) is 6.05. The average molecular weight is 370 g/mol. The molecule has 6 nitrogen and oxygen atoms in total. The number of benzene rings is 2. The summed E-state index contributed by atoms with van der Waals surface area (Å²) in [6.45, 7) is 1.74. The van der Waals surface area contributed by atoms with E-state index in [0.29, 0.717) is 33.7 Å². The summed E-state index contributed by atoms with van der Waals surface area (Å²) in [5, 5.41) is 6.17. The lowest BCUT2D eigenvalue weighted by Gasteiger charge is -2.10. The lowest BCUT2D eigenvalue weighted by atomic mass is 10.2. The van der Waals surface area contributed by atoms with E-state index in [-0.39, 0.29) is 17.0 Å². The van der Waals surface area contributed by atoms with Gasteiger partial charge in [-0.05, 0) is 30.3 Å². The second kappa shape index (κ2) is 7.41. The smallest absolute Gasteiger partial charge is 0.272 e. The van der Waals surface area contributed by atoms with E-state index in [9.17, 15) is 14.4 Å². The molecule has 0 radical (unpaired) electrons. The fraction of sp³-hybridized carbons (Fsp3) is 0.105. The number of para-hydroxylation sites is 1. The molecular formula is C19H16ClN3O3. The maximum absolute atomic E-state index is 12.4. The van der Waals surface area contributed by atoms with Crippen LogP contribution in [0.2, 0.25) is 5.02 Å². The summed E-state index contributed by atoms with van der Waals surface area (Å²) in [4.78, 5) is 39.0. The molecule has 26 heavy (non-hydrogen) atoms. The minimum absolute atomic E-state index is 0.146. The van der Waals surface area contributed by atoms with Gasteiger partial charge in [-0.3, -0.25) is 14.4 Å². The van der Waals surface area contributed by atoms with Crippen LogP contribution >= 0.6 is 11.6 Å². The predicted octanol–water partition coefficient (Wildman–Crippen LogP) is 3.78. The summed E-state index contributed by atoms with van der Waals surface area (Å²) in [7, 11) is 0. The van der Waals surface area contributed by atoms with Gasteiger partial charge < -0.3 is 15.6 Å². The highest BCUT2D eigenvalue weighted by Gasteiger charge is 2.11. The van der Waals surface area contributed by atoms with Gasteiger partial charge in [0.15, 0.2) is 5.43 Å². The lowest BCUT2D eigenvalue weighted by Crippen LogP contribution is -2.17. The Hall–Kier alpha value is -3.12. The molecule has 1 heterocycles. The van der Waals surface area contributed by atoms with Gasteiger partial charge >= 0.3 is 0 Å². The Morgan fingerprint density at radius 3 is 2.58 bits per heavy atom. The van der Waals surface area contributed by atoms with Gasteiger partial charge in [-0.2, -0.15) is 0 Å². The summed E-state index contributed by atoms with van der Waals surface area (Å²) >= 11 is 6.14. The van der Waals surface area contributed by atoms with E-state index in [1.54, 1.807) is 43.3 Å². The number of carbonyl (C=O) groups excluding carboxylic acids is 2. The van der Waals surface area contributed by atoms with E-state index in [0.717, 1.165) is 0 Å². The number of nitrogens with one attached hydrogen (secondary N) is 3.